The number of carbonyl (C=O) groups excluding carboxylic acids is 1. The van der Waals surface area contributed by atoms with Crippen molar-refractivity contribution in [1.29, 1.82) is 0 Å². The lowest BCUT2D eigenvalue weighted by Crippen LogP contribution is -2.28. The molecule has 1 aliphatic carbocycles. The summed E-state index contributed by atoms with van der Waals surface area (Å²) in [7, 11) is 0. The predicted molar refractivity (Wildman–Crippen MR) is 71.2 cm³/mol. The minimum Gasteiger partial charge on any atom is -0.323 e. The molecular formula is C14H14N4O. The zero-order valence-corrected chi connectivity index (χ0v) is 10.4. The number of hydrogen-bond donors (Lipinski definition) is 1. The summed E-state index contributed by atoms with van der Waals surface area (Å²) >= 11 is 0. The highest BCUT2D eigenvalue weighted by molar-refractivity contribution is 5.92. The van der Waals surface area contributed by atoms with Gasteiger partial charge in [-0.25, -0.2) is 9.97 Å². The van der Waals surface area contributed by atoms with Crippen LogP contribution in [-0.2, 0) is 4.79 Å². The Morgan fingerprint density at radius 3 is 2.58 bits per heavy atom. The molecule has 5 heteroatoms. The number of nitrogens with one attached hydrogen (secondary N) is 1. The predicted octanol–water partition coefficient (Wildman–Crippen LogP) is 2.28. The maximum Gasteiger partial charge on any atom is 0.227 e. The smallest absolute Gasteiger partial charge is 0.227 e. The summed E-state index contributed by atoms with van der Waals surface area (Å²) in [6.07, 6.45) is 9.80. The molecule has 5 nitrogen and oxygen atoms in total. The third-order valence-electron chi connectivity index (χ3n) is 3.32. The summed E-state index contributed by atoms with van der Waals surface area (Å²) in [5.41, 5.74) is 1.50. The number of hydrogen-bond acceptors (Lipinski definition) is 4. The van der Waals surface area contributed by atoms with Crippen molar-refractivity contribution in [3.8, 4) is 11.4 Å². The molecule has 1 saturated carbocycles. The molecule has 0 radical (unpaired) electrons. The van der Waals surface area contributed by atoms with Gasteiger partial charge in [0.05, 0.1) is 18.1 Å². The van der Waals surface area contributed by atoms with E-state index in [1.807, 2.05) is 12.1 Å². The Morgan fingerprint density at radius 2 is 2.00 bits per heavy atom. The molecule has 0 spiro atoms. The van der Waals surface area contributed by atoms with Crippen LogP contribution in [0.15, 0.2) is 36.9 Å². The van der Waals surface area contributed by atoms with Crippen LogP contribution in [0.5, 0.6) is 0 Å². The van der Waals surface area contributed by atoms with Crippen LogP contribution in [0.25, 0.3) is 11.4 Å². The number of carbonyl (C=O) groups is 1. The largest absolute Gasteiger partial charge is 0.323 e. The van der Waals surface area contributed by atoms with Crippen molar-refractivity contribution in [3.05, 3.63) is 36.9 Å². The van der Waals surface area contributed by atoms with E-state index in [1.54, 1.807) is 24.8 Å². The molecule has 0 unspecified atom stereocenters. The van der Waals surface area contributed by atoms with Crippen LogP contribution in [0, 0.1) is 5.92 Å². The van der Waals surface area contributed by atoms with Crippen LogP contribution in [0.1, 0.15) is 19.3 Å². The summed E-state index contributed by atoms with van der Waals surface area (Å²) in [5.74, 6) is 0.844. The SMILES string of the molecule is O=C(Nc1cnc(-c2cccnc2)nc1)C1CCC1. The molecule has 96 valence electrons. The summed E-state index contributed by atoms with van der Waals surface area (Å²) < 4.78 is 0. The van der Waals surface area contributed by atoms with Gasteiger partial charge in [0, 0.05) is 23.9 Å². The second kappa shape index (κ2) is 5.14. The standard InChI is InChI=1S/C14H14N4O/c19-14(10-3-1-4-10)18-12-8-16-13(17-9-12)11-5-2-6-15-7-11/h2,5-10H,1,3-4H2,(H,18,19). The van der Waals surface area contributed by atoms with E-state index < -0.39 is 0 Å². The number of pyridine rings is 1. The average Bonchev–Trinajstić information content (AvgIpc) is 2.38. The van der Waals surface area contributed by atoms with Crippen LogP contribution in [0.3, 0.4) is 0 Å². The van der Waals surface area contributed by atoms with Gasteiger partial charge in [-0.05, 0) is 25.0 Å². The van der Waals surface area contributed by atoms with Gasteiger partial charge in [0.2, 0.25) is 5.91 Å². The van der Waals surface area contributed by atoms with Crippen molar-refractivity contribution in [2.45, 2.75) is 19.3 Å². The van der Waals surface area contributed by atoms with Gasteiger partial charge >= 0.3 is 0 Å². The van der Waals surface area contributed by atoms with Gasteiger partial charge in [-0.3, -0.25) is 9.78 Å². The Kier molecular flexibility index (Phi) is 3.18. The first-order chi connectivity index (χ1) is 9.33. The van der Waals surface area contributed by atoms with Crippen LogP contribution in [0.4, 0.5) is 5.69 Å². The zero-order chi connectivity index (χ0) is 13.1. The third-order valence-corrected chi connectivity index (χ3v) is 3.32. The first-order valence-electron chi connectivity index (χ1n) is 6.36. The molecule has 19 heavy (non-hydrogen) atoms. The van der Waals surface area contributed by atoms with E-state index in [2.05, 4.69) is 20.3 Å². The van der Waals surface area contributed by atoms with Crippen LogP contribution >= 0.6 is 0 Å². The maximum absolute atomic E-state index is 11.8. The molecule has 1 aliphatic rings. The molecule has 0 aromatic carbocycles. The summed E-state index contributed by atoms with van der Waals surface area (Å²) in [6, 6.07) is 3.74. The van der Waals surface area contributed by atoms with Crippen molar-refractivity contribution in [2.75, 3.05) is 5.32 Å². The number of amides is 1. The minimum absolute atomic E-state index is 0.0731. The van der Waals surface area contributed by atoms with Gasteiger partial charge in [-0.1, -0.05) is 6.42 Å². The van der Waals surface area contributed by atoms with Gasteiger partial charge in [0.15, 0.2) is 5.82 Å². The fourth-order valence-electron chi connectivity index (χ4n) is 1.95. The molecule has 1 N–H and O–H groups in total. The highest BCUT2D eigenvalue weighted by Gasteiger charge is 2.25. The first kappa shape index (κ1) is 11.8. The average molecular weight is 254 g/mol. The van der Waals surface area contributed by atoms with Gasteiger partial charge in [-0.15, -0.1) is 0 Å². The summed E-state index contributed by atoms with van der Waals surface area (Å²) in [4.78, 5) is 24.3. The maximum atomic E-state index is 11.8. The lowest BCUT2D eigenvalue weighted by molar-refractivity contribution is -0.122. The Bertz CT molecular complexity index is 564. The van der Waals surface area contributed by atoms with Crippen molar-refractivity contribution in [1.82, 2.24) is 15.0 Å². The molecule has 1 amide bonds. The minimum atomic E-state index is 0.0731. The second-order valence-electron chi connectivity index (χ2n) is 4.65. The summed E-state index contributed by atoms with van der Waals surface area (Å²) in [5, 5.41) is 2.84. The number of anilines is 1. The molecule has 3 rings (SSSR count). The topological polar surface area (TPSA) is 67.8 Å². The second-order valence-corrected chi connectivity index (χ2v) is 4.65. The Morgan fingerprint density at radius 1 is 1.21 bits per heavy atom. The molecule has 2 aromatic heterocycles. The van der Waals surface area contributed by atoms with Crippen molar-refractivity contribution < 1.29 is 4.79 Å². The lowest BCUT2D eigenvalue weighted by Gasteiger charge is -2.23. The van der Waals surface area contributed by atoms with E-state index >= 15 is 0 Å². The van der Waals surface area contributed by atoms with E-state index in [1.165, 1.54) is 0 Å². The van der Waals surface area contributed by atoms with Crippen molar-refractivity contribution in [3.63, 3.8) is 0 Å². The third kappa shape index (κ3) is 2.59. The molecule has 0 bridgehead atoms. The van der Waals surface area contributed by atoms with Crippen LogP contribution in [0.2, 0.25) is 0 Å². The van der Waals surface area contributed by atoms with E-state index in [0.717, 1.165) is 24.8 Å². The Balaban J connectivity index is 1.70. The molecule has 0 aliphatic heterocycles. The molecule has 0 saturated heterocycles. The lowest BCUT2D eigenvalue weighted by atomic mass is 9.85. The normalized spacial score (nSPS) is 14.7. The number of nitrogens with zero attached hydrogens (tertiary/aromatic N) is 3. The molecule has 2 heterocycles. The fraction of sp³-hybridized carbons (Fsp3) is 0.286. The van der Waals surface area contributed by atoms with Gasteiger partial charge in [0.1, 0.15) is 0 Å². The van der Waals surface area contributed by atoms with Gasteiger partial charge in [0.25, 0.3) is 0 Å². The quantitative estimate of drug-likeness (QED) is 0.912. The van der Waals surface area contributed by atoms with Crippen molar-refractivity contribution >= 4 is 11.6 Å². The van der Waals surface area contributed by atoms with Gasteiger partial charge < -0.3 is 5.32 Å². The summed E-state index contributed by atoms with van der Waals surface area (Å²) in [6.45, 7) is 0. The van der Waals surface area contributed by atoms with E-state index in [4.69, 9.17) is 0 Å². The monoisotopic (exact) mass is 254 g/mol. The molecule has 2 aromatic rings. The van der Waals surface area contributed by atoms with E-state index in [9.17, 15) is 4.79 Å². The number of aromatic nitrogens is 3. The number of rotatable bonds is 3. The van der Waals surface area contributed by atoms with Crippen LogP contribution < -0.4 is 5.32 Å². The molecule has 1 fully saturated rings. The van der Waals surface area contributed by atoms with Crippen LogP contribution in [-0.4, -0.2) is 20.9 Å². The van der Waals surface area contributed by atoms with E-state index in [-0.39, 0.29) is 11.8 Å². The highest BCUT2D eigenvalue weighted by atomic mass is 16.1. The van der Waals surface area contributed by atoms with Gasteiger partial charge in [-0.2, -0.15) is 0 Å². The molecular weight excluding hydrogens is 240 g/mol. The fourth-order valence-corrected chi connectivity index (χ4v) is 1.95. The Labute approximate surface area is 111 Å². The zero-order valence-electron chi connectivity index (χ0n) is 10.4. The molecule has 0 atom stereocenters. The van der Waals surface area contributed by atoms with Crippen molar-refractivity contribution in [2.24, 2.45) is 5.92 Å². The highest BCUT2D eigenvalue weighted by Crippen LogP contribution is 2.27. The first-order valence-corrected chi connectivity index (χ1v) is 6.36. The van der Waals surface area contributed by atoms with E-state index in [0.29, 0.717) is 11.5 Å². The Hall–Kier alpha value is -2.30.